The van der Waals surface area contributed by atoms with Gasteiger partial charge in [-0.15, -0.1) is 5.10 Å². The first-order chi connectivity index (χ1) is 9.13. The third kappa shape index (κ3) is 4.32. The Hall–Kier alpha value is -1.96. The van der Waals surface area contributed by atoms with Crippen molar-refractivity contribution in [3.05, 3.63) is 17.6 Å². The van der Waals surface area contributed by atoms with E-state index >= 15 is 0 Å². The van der Waals surface area contributed by atoms with Gasteiger partial charge in [0.25, 0.3) is 0 Å². The zero-order chi connectivity index (χ0) is 13.7. The Bertz CT molecular complexity index is 507. The third-order valence-electron chi connectivity index (χ3n) is 2.26. The van der Waals surface area contributed by atoms with Gasteiger partial charge in [0.2, 0.25) is 11.8 Å². The first kappa shape index (κ1) is 13.5. The van der Waals surface area contributed by atoms with Crippen LogP contribution in [0.2, 0.25) is 0 Å². The maximum atomic E-state index is 5.41. The van der Waals surface area contributed by atoms with Crippen molar-refractivity contribution < 1.29 is 8.94 Å². The van der Waals surface area contributed by atoms with Crippen molar-refractivity contribution >= 4 is 6.01 Å². The first-order valence-corrected chi connectivity index (χ1v) is 6.19. The fraction of sp³-hybridized carbons (Fsp3) is 0.636. The summed E-state index contributed by atoms with van der Waals surface area (Å²) in [4.78, 5) is 4.06. The zero-order valence-electron chi connectivity index (χ0n) is 11.3. The van der Waals surface area contributed by atoms with Gasteiger partial charge in [0, 0.05) is 0 Å². The second-order valence-electron chi connectivity index (χ2n) is 4.61. The quantitative estimate of drug-likeness (QED) is 0.768. The zero-order valence-corrected chi connectivity index (χ0v) is 11.3. The van der Waals surface area contributed by atoms with Crippen molar-refractivity contribution in [1.29, 1.82) is 0 Å². The van der Waals surface area contributed by atoms with Crippen LogP contribution in [0.3, 0.4) is 0 Å². The van der Waals surface area contributed by atoms with Crippen LogP contribution < -0.4 is 10.6 Å². The number of aromatic nitrogens is 4. The van der Waals surface area contributed by atoms with Gasteiger partial charge in [-0.1, -0.05) is 24.1 Å². The molecule has 19 heavy (non-hydrogen) atoms. The lowest BCUT2D eigenvalue weighted by Crippen LogP contribution is -2.19. The number of hydrogen-bond donors (Lipinski definition) is 2. The molecule has 2 N–H and O–H groups in total. The van der Waals surface area contributed by atoms with Gasteiger partial charge in [-0.2, -0.15) is 4.98 Å². The fourth-order valence-electron chi connectivity index (χ4n) is 1.43. The van der Waals surface area contributed by atoms with Crippen LogP contribution in [0.1, 0.15) is 31.5 Å². The molecule has 0 atom stereocenters. The van der Waals surface area contributed by atoms with E-state index in [9.17, 15) is 0 Å². The maximum absolute atomic E-state index is 5.41. The minimum absolute atomic E-state index is 0.345. The van der Waals surface area contributed by atoms with E-state index in [1.54, 1.807) is 6.92 Å². The van der Waals surface area contributed by atoms with Gasteiger partial charge < -0.3 is 19.6 Å². The third-order valence-corrected chi connectivity index (χ3v) is 2.26. The summed E-state index contributed by atoms with van der Waals surface area (Å²) in [5.41, 5.74) is 0. The second kappa shape index (κ2) is 6.28. The van der Waals surface area contributed by atoms with Gasteiger partial charge in [-0.25, -0.2) is 0 Å². The molecule has 0 aliphatic rings. The molecule has 0 saturated heterocycles. The normalized spacial score (nSPS) is 11.2. The van der Waals surface area contributed by atoms with Crippen LogP contribution in [-0.2, 0) is 13.1 Å². The summed E-state index contributed by atoms with van der Waals surface area (Å²) in [6, 6.07) is 0.345. The van der Waals surface area contributed by atoms with Crippen molar-refractivity contribution in [3.8, 4) is 0 Å². The van der Waals surface area contributed by atoms with Gasteiger partial charge in [-0.05, 0) is 19.4 Å². The van der Waals surface area contributed by atoms with E-state index < -0.39 is 0 Å². The highest BCUT2D eigenvalue weighted by molar-refractivity contribution is 5.17. The van der Waals surface area contributed by atoms with Crippen LogP contribution >= 0.6 is 0 Å². The maximum Gasteiger partial charge on any atom is 0.315 e. The van der Waals surface area contributed by atoms with E-state index in [4.69, 9.17) is 8.94 Å². The SMILES string of the molecule is Cc1noc(CNc2nnc(CNCC(C)C)o2)n1. The average molecular weight is 266 g/mol. The minimum atomic E-state index is 0.345. The number of aryl methyl sites for hydroxylation is 1. The summed E-state index contributed by atoms with van der Waals surface area (Å²) in [5, 5.41) is 17.6. The molecule has 0 bridgehead atoms. The Labute approximate surface area is 111 Å². The Balaban J connectivity index is 1.77. The van der Waals surface area contributed by atoms with Gasteiger partial charge in [-0.3, -0.25) is 0 Å². The van der Waals surface area contributed by atoms with Crippen LogP contribution in [-0.4, -0.2) is 26.9 Å². The van der Waals surface area contributed by atoms with Crippen molar-refractivity contribution in [2.24, 2.45) is 5.92 Å². The molecule has 2 aromatic heterocycles. The molecular weight excluding hydrogens is 248 g/mol. The van der Waals surface area contributed by atoms with Crippen molar-refractivity contribution in [2.45, 2.75) is 33.9 Å². The molecule has 0 radical (unpaired) electrons. The van der Waals surface area contributed by atoms with Crippen LogP contribution in [0.5, 0.6) is 0 Å². The monoisotopic (exact) mass is 266 g/mol. The van der Waals surface area contributed by atoms with E-state index in [0.29, 0.717) is 42.6 Å². The molecule has 104 valence electrons. The molecule has 2 heterocycles. The van der Waals surface area contributed by atoms with E-state index in [2.05, 4.69) is 44.8 Å². The molecule has 2 rings (SSSR count). The van der Waals surface area contributed by atoms with Gasteiger partial charge in [0.15, 0.2) is 5.82 Å². The molecule has 0 aliphatic carbocycles. The molecule has 0 unspecified atom stereocenters. The van der Waals surface area contributed by atoms with Crippen LogP contribution in [0.15, 0.2) is 8.94 Å². The molecule has 0 amide bonds. The molecule has 0 saturated carbocycles. The van der Waals surface area contributed by atoms with Crippen LogP contribution in [0.4, 0.5) is 6.01 Å². The molecule has 8 nitrogen and oxygen atoms in total. The average Bonchev–Trinajstić information content (AvgIpc) is 2.95. The van der Waals surface area contributed by atoms with Crippen molar-refractivity contribution in [3.63, 3.8) is 0 Å². The summed E-state index contributed by atoms with van der Waals surface area (Å²) >= 11 is 0. The minimum Gasteiger partial charge on any atom is -0.407 e. The predicted molar refractivity (Wildman–Crippen MR) is 67.2 cm³/mol. The second-order valence-corrected chi connectivity index (χ2v) is 4.61. The summed E-state index contributed by atoms with van der Waals surface area (Å²) in [7, 11) is 0. The molecule has 0 spiro atoms. The lowest BCUT2D eigenvalue weighted by atomic mass is 10.2. The van der Waals surface area contributed by atoms with Crippen molar-refractivity contribution in [1.82, 2.24) is 25.7 Å². The standard InChI is InChI=1S/C11H18N6O2/c1-7(2)4-12-5-10-15-16-11(18-10)13-6-9-14-8(3)17-19-9/h7,12H,4-6H2,1-3H3,(H,13,16). The molecule has 2 aromatic rings. The lowest BCUT2D eigenvalue weighted by Gasteiger charge is -2.03. The molecule has 0 aromatic carbocycles. The molecular formula is C11H18N6O2. The summed E-state index contributed by atoms with van der Waals surface area (Å²) in [6.45, 7) is 7.87. The summed E-state index contributed by atoms with van der Waals surface area (Å²) in [5.74, 6) is 2.21. The van der Waals surface area contributed by atoms with Gasteiger partial charge in [0.1, 0.15) is 0 Å². The lowest BCUT2D eigenvalue weighted by molar-refractivity contribution is 0.377. The number of nitrogens with one attached hydrogen (secondary N) is 2. The summed E-state index contributed by atoms with van der Waals surface area (Å²) in [6.07, 6.45) is 0. The number of nitrogens with zero attached hydrogens (tertiary/aromatic N) is 4. The fourth-order valence-corrected chi connectivity index (χ4v) is 1.43. The Morgan fingerprint density at radius 3 is 2.68 bits per heavy atom. The molecule has 8 heteroatoms. The Morgan fingerprint density at radius 1 is 1.16 bits per heavy atom. The Morgan fingerprint density at radius 2 is 2.00 bits per heavy atom. The largest absolute Gasteiger partial charge is 0.407 e. The topological polar surface area (TPSA) is 102 Å². The highest BCUT2D eigenvalue weighted by Crippen LogP contribution is 2.07. The smallest absolute Gasteiger partial charge is 0.315 e. The van der Waals surface area contributed by atoms with Gasteiger partial charge >= 0.3 is 6.01 Å². The number of hydrogen-bond acceptors (Lipinski definition) is 8. The predicted octanol–water partition coefficient (Wildman–Crippen LogP) is 1.12. The van der Waals surface area contributed by atoms with Gasteiger partial charge in [0.05, 0.1) is 13.1 Å². The number of anilines is 1. The summed E-state index contributed by atoms with van der Waals surface area (Å²) < 4.78 is 10.4. The van der Waals surface area contributed by atoms with Crippen LogP contribution in [0, 0.1) is 12.8 Å². The molecule has 0 aliphatic heterocycles. The number of rotatable bonds is 7. The van der Waals surface area contributed by atoms with E-state index in [0.717, 1.165) is 6.54 Å². The van der Waals surface area contributed by atoms with E-state index in [1.165, 1.54) is 0 Å². The van der Waals surface area contributed by atoms with Crippen LogP contribution in [0.25, 0.3) is 0 Å². The van der Waals surface area contributed by atoms with E-state index in [-0.39, 0.29) is 0 Å². The van der Waals surface area contributed by atoms with Crippen molar-refractivity contribution in [2.75, 3.05) is 11.9 Å². The highest BCUT2D eigenvalue weighted by Gasteiger charge is 2.08. The molecule has 0 fully saturated rings. The highest BCUT2D eigenvalue weighted by atomic mass is 16.5. The Kier molecular flexibility index (Phi) is 4.45. The first-order valence-electron chi connectivity index (χ1n) is 6.19. The van der Waals surface area contributed by atoms with E-state index in [1.807, 2.05) is 0 Å².